The number of carbonyl (C=O) groups excluding carboxylic acids is 4. The van der Waals surface area contributed by atoms with Crippen LogP contribution in [0, 0.1) is 5.82 Å². The fourth-order valence-electron chi connectivity index (χ4n) is 5.26. The van der Waals surface area contributed by atoms with Crippen molar-refractivity contribution in [3.05, 3.63) is 24.0 Å². The van der Waals surface area contributed by atoms with Gasteiger partial charge < -0.3 is 41.9 Å². The van der Waals surface area contributed by atoms with Crippen molar-refractivity contribution in [1.82, 2.24) is 4.90 Å². The molecule has 50 heavy (non-hydrogen) atoms. The highest BCUT2D eigenvalue weighted by Gasteiger charge is 2.50. The second-order valence-corrected chi connectivity index (χ2v) is 15.6. The zero-order chi connectivity index (χ0) is 36.9. The van der Waals surface area contributed by atoms with Crippen molar-refractivity contribution in [2.75, 3.05) is 82.4 Å². The maximum Gasteiger partial charge on any atom is 0.419 e. The highest BCUT2D eigenvalue weighted by Crippen LogP contribution is 2.71. The average molecular weight is 754 g/mol. The van der Waals surface area contributed by atoms with Crippen LogP contribution in [0.2, 0.25) is 0 Å². The zero-order valence-corrected chi connectivity index (χ0v) is 30.7. The molecule has 0 radical (unpaired) electrons. The number of anilines is 2. The van der Waals surface area contributed by atoms with E-state index in [4.69, 9.17) is 37.0 Å². The minimum absolute atomic E-state index is 0.0435. The number of nitrogens with zero attached hydrogens (tertiary/aromatic N) is 3. The molecule has 2 aliphatic rings. The van der Waals surface area contributed by atoms with Gasteiger partial charge in [0.15, 0.2) is 5.40 Å². The van der Waals surface area contributed by atoms with E-state index in [0.29, 0.717) is 36.9 Å². The third-order valence-corrected chi connectivity index (χ3v) is 13.6. The molecule has 2 saturated heterocycles. The monoisotopic (exact) mass is 753 g/mol. The van der Waals surface area contributed by atoms with Crippen molar-refractivity contribution in [3.63, 3.8) is 0 Å². The molecule has 2 heterocycles. The number of cyclic esters (lactones) is 1. The van der Waals surface area contributed by atoms with Crippen molar-refractivity contribution in [1.29, 1.82) is 0 Å². The number of morpholine rings is 1. The SMILES string of the molecule is CCOP(=O)(OCC)C(CCC(=O)OCOC(=O)N(C[C@@H]1CN(c2ccc(N3CCOCC3)c(F)c2)C(=O)O1)C(C)=O)P(=O)(OCC)OCC. The Bertz CT molecular complexity index is 1380. The average Bonchev–Trinajstić information content (AvgIpc) is 3.44. The van der Waals surface area contributed by atoms with Gasteiger partial charge in [0, 0.05) is 26.4 Å². The van der Waals surface area contributed by atoms with Crippen LogP contribution in [-0.4, -0.2) is 113 Å². The molecule has 3 amide bonds. The number of hydrogen-bond acceptors (Lipinski definition) is 15. The van der Waals surface area contributed by atoms with Gasteiger partial charge in [0.05, 0.1) is 64.1 Å². The number of hydrogen-bond donors (Lipinski definition) is 0. The number of imide groups is 1. The number of ether oxygens (including phenoxy) is 4. The van der Waals surface area contributed by atoms with Gasteiger partial charge in [0.25, 0.3) is 0 Å². The third kappa shape index (κ3) is 10.9. The molecular formula is C30H46FN3O14P2. The standard InChI is InChI=1S/C30H46FN3O14P2/c1-6-44-49(39,45-7-2)28(50(40,46-8-3)47-9-4)13-12-27(36)42-21-43-29(37)33(22(5)35)19-24-20-34(30(38)48-24)23-10-11-26(25(31)18-23)32-14-16-41-17-15-32/h10-11,18,24,28H,6-9,12-17,19-21H2,1-5H3/t24-/m1/s1. The van der Waals surface area contributed by atoms with Crippen LogP contribution < -0.4 is 9.80 Å². The van der Waals surface area contributed by atoms with Crippen LogP contribution in [0.15, 0.2) is 18.2 Å². The molecule has 0 aliphatic carbocycles. The summed E-state index contributed by atoms with van der Waals surface area (Å²) in [4.78, 5) is 54.0. The van der Waals surface area contributed by atoms with Gasteiger partial charge in [0.2, 0.25) is 12.7 Å². The lowest BCUT2D eigenvalue weighted by molar-refractivity contribution is -0.152. The minimum atomic E-state index is -4.10. The predicted octanol–water partition coefficient (Wildman–Crippen LogP) is 5.11. The van der Waals surface area contributed by atoms with Gasteiger partial charge in [-0.3, -0.25) is 23.6 Å². The van der Waals surface area contributed by atoms with Crippen LogP contribution in [0.3, 0.4) is 0 Å². The lowest BCUT2D eigenvalue weighted by Crippen LogP contribution is -2.42. The summed E-state index contributed by atoms with van der Waals surface area (Å²) in [5.74, 6) is -2.21. The van der Waals surface area contributed by atoms with Gasteiger partial charge in [-0.1, -0.05) is 0 Å². The largest absolute Gasteiger partial charge is 0.442 e. The quantitative estimate of drug-likeness (QED) is 0.103. The number of esters is 1. The molecular weight excluding hydrogens is 707 g/mol. The lowest BCUT2D eigenvalue weighted by atomic mass is 10.2. The molecule has 0 saturated carbocycles. The van der Waals surface area contributed by atoms with Crippen LogP contribution in [0.1, 0.15) is 47.5 Å². The molecule has 0 aromatic heterocycles. The van der Waals surface area contributed by atoms with Crippen molar-refractivity contribution in [2.45, 2.75) is 59.0 Å². The molecule has 282 valence electrons. The van der Waals surface area contributed by atoms with Crippen LogP contribution in [0.5, 0.6) is 0 Å². The summed E-state index contributed by atoms with van der Waals surface area (Å²) in [7, 11) is -8.20. The van der Waals surface area contributed by atoms with Gasteiger partial charge in [-0.2, -0.15) is 0 Å². The van der Waals surface area contributed by atoms with Crippen LogP contribution in [0.25, 0.3) is 0 Å². The highest BCUT2D eigenvalue weighted by atomic mass is 31.2. The van der Waals surface area contributed by atoms with Gasteiger partial charge >= 0.3 is 33.3 Å². The Hall–Kier alpha value is -3.11. The molecule has 17 nitrogen and oxygen atoms in total. The number of halogens is 1. The van der Waals surface area contributed by atoms with Crippen LogP contribution in [0.4, 0.5) is 25.4 Å². The first-order valence-electron chi connectivity index (χ1n) is 16.3. The normalized spacial score (nSPS) is 16.8. The van der Waals surface area contributed by atoms with E-state index in [-0.39, 0.29) is 45.1 Å². The summed E-state index contributed by atoms with van der Waals surface area (Å²) >= 11 is 0. The fraction of sp³-hybridized carbons (Fsp3) is 0.667. The fourth-order valence-corrected chi connectivity index (χ4v) is 10.6. The molecule has 3 rings (SSSR count). The van der Waals surface area contributed by atoms with Crippen molar-refractivity contribution in [2.24, 2.45) is 0 Å². The van der Waals surface area contributed by atoms with E-state index < -0.39 is 76.3 Å². The maximum atomic E-state index is 15.0. The minimum Gasteiger partial charge on any atom is -0.442 e. The lowest BCUT2D eigenvalue weighted by Gasteiger charge is -2.31. The molecule has 1 aromatic carbocycles. The Balaban J connectivity index is 1.57. The van der Waals surface area contributed by atoms with Crippen molar-refractivity contribution < 1.29 is 69.7 Å². The number of rotatable bonds is 19. The molecule has 0 bridgehead atoms. The summed E-state index contributed by atoms with van der Waals surface area (Å²) in [6.07, 6.45) is -3.76. The molecule has 1 atom stereocenters. The molecule has 0 unspecified atom stereocenters. The molecule has 1 aromatic rings. The van der Waals surface area contributed by atoms with E-state index in [9.17, 15) is 32.7 Å². The number of benzene rings is 1. The van der Waals surface area contributed by atoms with E-state index in [2.05, 4.69) is 0 Å². The maximum absolute atomic E-state index is 15.0. The Morgan fingerprint density at radius 2 is 1.54 bits per heavy atom. The van der Waals surface area contributed by atoms with Crippen molar-refractivity contribution in [3.8, 4) is 0 Å². The summed E-state index contributed by atoms with van der Waals surface area (Å²) in [5.41, 5.74) is 0.607. The Kier molecular flexibility index (Phi) is 16.1. The predicted molar refractivity (Wildman–Crippen MR) is 177 cm³/mol. The first kappa shape index (κ1) is 41.3. The van der Waals surface area contributed by atoms with E-state index in [1.165, 1.54) is 11.0 Å². The topological polar surface area (TPSA) is 186 Å². The van der Waals surface area contributed by atoms with Crippen LogP contribution >= 0.6 is 15.2 Å². The number of carbonyl (C=O) groups is 4. The van der Waals surface area contributed by atoms with Crippen molar-refractivity contribution >= 4 is 50.6 Å². The van der Waals surface area contributed by atoms with E-state index in [1.54, 1.807) is 39.8 Å². The second kappa shape index (κ2) is 19.5. The summed E-state index contributed by atoms with van der Waals surface area (Å²) in [6, 6.07) is 4.34. The van der Waals surface area contributed by atoms with Gasteiger partial charge in [-0.25, -0.2) is 18.9 Å². The Morgan fingerprint density at radius 1 is 0.960 bits per heavy atom. The van der Waals surface area contributed by atoms with E-state index in [0.717, 1.165) is 6.92 Å². The molecule has 2 fully saturated rings. The van der Waals surface area contributed by atoms with Crippen LogP contribution in [-0.2, 0) is 55.8 Å². The Morgan fingerprint density at radius 3 is 2.06 bits per heavy atom. The number of amides is 3. The third-order valence-electron chi connectivity index (χ3n) is 7.43. The first-order valence-corrected chi connectivity index (χ1v) is 19.5. The summed E-state index contributed by atoms with van der Waals surface area (Å²) < 4.78 is 84.3. The smallest absolute Gasteiger partial charge is 0.419 e. The van der Waals surface area contributed by atoms with Gasteiger partial charge in [0.1, 0.15) is 11.9 Å². The second-order valence-electron chi connectivity index (χ2n) is 10.8. The summed E-state index contributed by atoms with van der Waals surface area (Å²) in [6.45, 7) is 7.81. The molecule has 2 aliphatic heterocycles. The molecule has 0 spiro atoms. The molecule has 20 heteroatoms. The zero-order valence-electron chi connectivity index (χ0n) is 28.9. The van der Waals surface area contributed by atoms with Gasteiger partial charge in [-0.15, -0.1) is 0 Å². The van der Waals surface area contributed by atoms with Gasteiger partial charge in [-0.05, 0) is 52.3 Å². The van der Waals surface area contributed by atoms with E-state index in [1.807, 2.05) is 4.90 Å². The molecule has 0 N–H and O–H groups in total. The first-order chi connectivity index (χ1) is 23.8. The Labute approximate surface area is 290 Å². The van der Waals surface area contributed by atoms with E-state index >= 15 is 0 Å². The summed E-state index contributed by atoms with van der Waals surface area (Å²) in [5, 5.41) is -1.45. The highest BCUT2D eigenvalue weighted by molar-refractivity contribution is 7.72.